The van der Waals surface area contributed by atoms with E-state index >= 15 is 0 Å². The SMILES string of the molecule is c1ccc(-n2c3ccc(-c4ccc5c(c4)c4ccccc4n5-c4cc5c6c(cccc6n4)-c4ccncc4-5)cc3c3ccc4ccccc4c32)cc1. The summed E-state index contributed by atoms with van der Waals surface area (Å²) in [5.41, 5.74) is 14.1. The minimum Gasteiger partial charge on any atom is -0.309 e. The topological polar surface area (TPSA) is 35.6 Å². The van der Waals surface area contributed by atoms with E-state index in [-0.39, 0.29) is 0 Å². The van der Waals surface area contributed by atoms with Crippen molar-refractivity contribution >= 4 is 65.3 Å². The molecule has 0 N–H and O–H groups in total. The van der Waals surface area contributed by atoms with Crippen LogP contribution in [-0.2, 0) is 0 Å². The smallest absolute Gasteiger partial charge is 0.138 e. The molecule has 4 heteroatoms. The Morgan fingerprint density at radius 3 is 2.02 bits per heavy atom. The molecule has 12 rings (SSSR count). The largest absolute Gasteiger partial charge is 0.309 e. The second kappa shape index (κ2) is 10.3. The van der Waals surface area contributed by atoms with E-state index in [1.165, 1.54) is 76.6 Å². The van der Waals surface area contributed by atoms with Crippen LogP contribution in [0.1, 0.15) is 0 Å². The van der Waals surface area contributed by atoms with Crippen LogP contribution in [0.25, 0.3) is 110 Å². The van der Waals surface area contributed by atoms with Gasteiger partial charge in [0.15, 0.2) is 0 Å². The van der Waals surface area contributed by atoms with Gasteiger partial charge in [0.05, 0.1) is 27.6 Å². The molecule has 0 spiro atoms. The Bertz CT molecular complexity index is 3290. The number of aromatic nitrogens is 4. The first-order valence-corrected chi connectivity index (χ1v) is 17.7. The predicted molar refractivity (Wildman–Crippen MR) is 216 cm³/mol. The highest BCUT2D eigenvalue weighted by Gasteiger charge is 2.24. The summed E-state index contributed by atoms with van der Waals surface area (Å²) in [7, 11) is 0. The van der Waals surface area contributed by atoms with E-state index in [0.717, 1.165) is 33.6 Å². The molecule has 1 aliphatic carbocycles. The number of hydrogen-bond acceptors (Lipinski definition) is 2. The van der Waals surface area contributed by atoms with Gasteiger partial charge in [0.2, 0.25) is 0 Å². The molecular weight excluding hydrogens is 633 g/mol. The Balaban J connectivity index is 1.08. The van der Waals surface area contributed by atoms with Crippen LogP contribution in [0.3, 0.4) is 0 Å². The quantitative estimate of drug-likeness (QED) is 0.189. The monoisotopic (exact) mass is 660 g/mol. The van der Waals surface area contributed by atoms with E-state index < -0.39 is 0 Å². The highest BCUT2D eigenvalue weighted by molar-refractivity contribution is 6.20. The molecule has 4 aromatic heterocycles. The molecule has 0 bridgehead atoms. The number of nitrogens with zero attached hydrogens (tertiary/aromatic N) is 4. The Morgan fingerprint density at radius 1 is 0.423 bits per heavy atom. The lowest BCUT2D eigenvalue weighted by Gasteiger charge is -2.11. The molecule has 4 nitrogen and oxygen atoms in total. The van der Waals surface area contributed by atoms with Gasteiger partial charge >= 0.3 is 0 Å². The fraction of sp³-hybridized carbons (Fsp3) is 0. The molecule has 0 aliphatic heterocycles. The molecule has 1 aliphatic rings. The third kappa shape index (κ3) is 3.70. The average molecular weight is 661 g/mol. The Labute approximate surface area is 298 Å². The molecule has 4 heterocycles. The minimum atomic E-state index is 0.915. The number of benzene rings is 7. The second-order valence-corrected chi connectivity index (χ2v) is 13.8. The summed E-state index contributed by atoms with van der Waals surface area (Å²) in [6.45, 7) is 0. The molecule has 240 valence electrons. The third-order valence-corrected chi connectivity index (χ3v) is 11.1. The van der Waals surface area contributed by atoms with Crippen molar-refractivity contribution in [3.8, 4) is 44.9 Å². The highest BCUT2D eigenvalue weighted by Crippen LogP contribution is 2.47. The van der Waals surface area contributed by atoms with Gasteiger partial charge in [-0.15, -0.1) is 0 Å². The van der Waals surface area contributed by atoms with Gasteiger partial charge in [0, 0.05) is 56.0 Å². The van der Waals surface area contributed by atoms with E-state index in [2.05, 4.69) is 172 Å². The molecule has 7 aromatic carbocycles. The lowest BCUT2D eigenvalue weighted by molar-refractivity contribution is 1.10. The molecule has 0 saturated heterocycles. The maximum absolute atomic E-state index is 5.30. The zero-order valence-electron chi connectivity index (χ0n) is 28.0. The highest BCUT2D eigenvalue weighted by atomic mass is 15.1. The summed E-state index contributed by atoms with van der Waals surface area (Å²) in [5.74, 6) is 0.915. The number of fused-ring (bicyclic) bond motifs is 11. The summed E-state index contributed by atoms with van der Waals surface area (Å²) in [4.78, 5) is 9.79. The van der Waals surface area contributed by atoms with Gasteiger partial charge in [-0.25, -0.2) is 4.98 Å². The van der Waals surface area contributed by atoms with E-state index in [1.807, 2.05) is 12.4 Å². The van der Waals surface area contributed by atoms with Gasteiger partial charge in [-0.1, -0.05) is 97.1 Å². The normalized spacial score (nSPS) is 12.2. The first-order valence-electron chi connectivity index (χ1n) is 17.7. The fourth-order valence-electron chi connectivity index (χ4n) is 8.87. The van der Waals surface area contributed by atoms with E-state index in [4.69, 9.17) is 4.98 Å². The number of rotatable bonds is 3. The molecule has 0 unspecified atom stereocenters. The summed E-state index contributed by atoms with van der Waals surface area (Å²) < 4.78 is 4.75. The third-order valence-electron chi connectivity index (χ3n) is 11.1. The van der Waals surface area contributed by atoms with Crippen molar-refractivity contribution in [3.63, 3.8) is 0 Å². The average Bonchev–Trinajstić information content (AvgIpc) is 3.84. The van der Waals surface area contributed by atoms with E-state index in [1.54, 1.807) is 0 Å². The van der Waals surface area contributed by atoms with Gasteiger partial charge in [-0.2, -0.15) is 0 Å². The van der Waals surface area contributed by atoms with Crippen LogP contribution in [-0.4, -0.2) is 19.1 Å². The molecular formula is C48H28N4. The van der Waals surface area contributed by atoms with Crippen LogP contribution in [0.15, 0.2) is 170 Å². The number of hydrogen-bond donors (Lipinski definition) is 0. The zero-order chi connectivity index (χ0) is 33.9. The molecule has 0 saturated carbocycles. The maximum Gasteiger partial charge on any atom is 0.138 e. The van der Waals surface area contributed by atoms with E-state index in [0.29, 0.717) is 0 Å². The predicted octanol–water partition coefficient (Wildman–Crippen LogP) is 12.3. The Morgan fingerprint density at radius 2 is 1.15 bits per heavy atom. The molecule has 0 amide bonds. The number of para-hydroxylation sites is 2. The van der Waals surface area contributed by atoms with Crippen LogP contribution in [0.4, 0.5) is 0 Å². The maximum atomic E-state index is 5.30. The van der Waals surface area contributed by atoms with Gasteiger partial charge in [0.1, 0.15) is 5.82 Å². The summed E-state index contributed by atoms with van der Waals surface area (Å²) in [6.07, 6.45) is 3.87. The fourth-order valence-corrected chi connectivity index (χ4v) is 8.87. The Kier molecular flexibility index (Phi) is 5.47. The van der Waals surface area contributed by atoms with Crippen molar-refractivity contribution in [2.75, 3.05) is 0 Å². The van der Waals surface area contributed by atoms with Crippen molar-refractivity contribution in [1.29, 1.82) is 0 Å². The van der Waals surface area contributed by atoms with Gasteiger partial charge in [-0.3, -0.25) is 9.55 Å². The summed E-state index contributed by atoms with van der Waals surface area (Å²) in [6, 6.07) is 57.3. The van der Waals surface area contributed by atoms with Gasteiger partial charge < -0.3 is 4.57 Å². The standard InChI is InChI=1S/C48H28N4/c1-2-10-32(11-3-1)51-44-21-18-31(26-39(44)37-20-17-29-9-4-5-12-33(29)48(37)51)30-19-22-45-38(25-30)35-13-6-7-16-43(35)52(45)46-27-40-41-28-49-24-23-34(41)36-14-8-15-42(50-46)47(36)40/h1-28H. The van der Waals surface area contributed by atoms with Crippen LogP contribution >= 0.6 is 0 Å². The molecule has 0 fully saturated rings. The summed E-state index contributed by atoms with van der Waals surface area (Å²) in [5, 5.41) is 8.63. The van der Waals surface area contributed by atoms with Crippen molar-refractivity contribution in [1.82, 2.24) is 19.1 Å². The van der Waals surface area contributed by atoms with E-state index in [9.17, 15) is 0 Å². The molecule has 0 radical (unpaired) electrons. The van der Waals surface area contributed by atoms with Crippen molar-refractivity contribution in [2.45, 2.75) is 0 Å². The molecule has 0 atom stereocenters. The Hall–Kier alpha value is -7.04. The molecule has 11 aromatic rings. The van der Waals surface area contributed by atoms with Crippen molar-refractivity contribution < 1.29 is 0 Å². The van der Waals surface area contributed by atoms with Gasteiger partial charge in [-0.05, 0) is 93.9 Å². The zero-order valence-corrected chi connectivity index (χ0v) is 28.0. The van der Waals surface area contributed by atoms with Gasteiger partial charge in [0.25, 0.3) is 0 Å². The number of pyridine rings is 2. The van der Waals surface area contributed by atoms with Crippen LogP contribution in [0, 0.1) is 0 Å². The summed E-state index contributed by atoms with van der Waals surface area (Å²) >= 11 is 0. The van der Waals surface area contributed by atoms with Crippen LogP contribution in [0.2, 0.25) is 0 Å². The lowest BCUT2D eigenvalue weighted by Crippen LogP contribution is -1.98. The first kappa shape index (κ1) is 27.7. The van der Waals surface area contributed by atoms with Crippen molar-refractivity contribution in [3.05, 3.63) is 170 Å². The second-order valence-electron chi connectivity index (χ2n) is 13.8. The van der Waals surface area contributed by atoms with Crippen molar-refractivity contribution in [2.24, 2.45) is 0 Å². The van der Waals surface area contributed by atoms with Crippen LogP contribution in [0.5, 0.6) is 0 Å². The first-order chi connectivity index (χ1) is 25.8. The minimum absolute atomic E-state index is 0.915. The lowest BCUT2D eigenvalue weighted by atomic mass is 10.00. The van der Waals surface area contributed by atoms with Crippen LogP contribution < -0.4 is 0 Å². The molecule has 52 heavy (non-hydrogen) atoms.